The molecule has 21 heavy (non-hydrogen) atoms. The molecule has 0 bridgehead atoms. The molecule has 4 nitrogen and oxygen atoms in total. The van der Waals surface area contributed by atoms with E-state index >= 15 is 0 Å². The van der Waals surface area contributed by atoms with Gasteiger partial charge in [0.15, 0.2) is 0 Å². The van der Waals surface area contributed by atoms with Crippen molar-refractivity contribution in [1.82, 2.24) is 5.32 Å². The molecule has 1 saturated carbocycles. The monoisotopic (exact) mass is 299 g/mol. The molecule has 0 saturated heterocycles. The van der Waals surface area contributed by atoms with Gasteiger partial charge in [-0.25, -0.2) is 0 Å². The Labute approximate surface area is 129 Å². The average molecular weight is 299 g/mol. The molecule has 0 aromatic heterocycles. The van der Waals surface area contributed by atoms with E-state index in [1.54, 1.807) is 0 Å². The van der Waals surface area contributed by atoms with Gasteiger partial charge in [0.05, 0.1) is 11.5 Å². The van der Waals surface area contributed by atoms with Crippen LogP contribution in [0.3, 0.4) is 0 Å². The average Bonchev–Trinajstić information content (AvgIpc) is 2.35. The fraction of sp³-hybridized carbons (Fsp3) is 0.941. The van der Waals surface area contributed by atoms with Crippen molar-refractivity contribution in [2.75, 3.05) is 6.54 Å². The van der Waals surface area contributed by atoms with E-state index in [0.29, 0.717) is 12.6 Å². The summed E-state index contributed by atoms with van der Waals surface area (Å²) in [6.45, 7) is 12.3. The lowest BCUT2D eigenvalue weighted by Gasteiger charge is -2.34. The molecule has 0 aromatic carbocycles. The van der Waals surface area contributed by atoms with Crippen LogP contribution in [0.4, 0.5) is 0 Å². The third kappa shape index (κ3) is 6.35. The summed E-state index contributed by atoms with van der Waals surface area (Å²) in [6, 6.07) is 0.397. The van der Waals surface area contributed by atoms with Crippen LogP contribution in [0.2, 0.25) is 0 Å². The van der Waals surface area contributed by atoms with Crippen LogP contribution >= 0.6 is 0 Å². The SMILES string of the molecule is CC(C)C(C)(O)CNC1CCC(C(=O)OC(C)(C)C)CC1. The quantitative estimate of drug-likeness (QED) is 0.766. The highest BCUT2D eigenvalue weighted by Gasteiger charge is 2.31. The molecule has 0 radical (unpaired) electrons. The molecular weight excluding hydrogens is 266 g/mol. The predicted octanol–water partition coefficient (Wildman–Crippen LogP) is 2.88. The molecular formula is C17H33NO3. The van der Waals surface area contributed by atoms with Gasteiger partial charge in [0.2, 0.25) is 0 Å². The molecule has 0 heterocycles. The minimum absolute atomic E-state index is 0.0351. The minimum atomic E-state index is -0.679. The third-order valence-electron chi connectivity index (χ3n) is 4.46. The van der Waals surface area contributed by atoms with E-state index < -0.39 is 11.2 Å². The number of carbonyl (C=O) groups is 1. The fourth-order valence-corrected chi connectivity index (χ4v) is 2.47. The van der Waals surface area contributed by atoms with E-state index in [1.807, 2.05) is 41.5 Å². The number of carbonyl (C=O) groups excluding carboxylic acids is 1. The Morgan fingerprint density at radius 2 is 1.71 bits per heavy atom. The van der Waals surface area contributed by atoms with Gasteiger partial charge >= 0.3 is 5.97 Å². The van der Waals surface area contributed by atoms with E-state index in [0.717, 1.165) is 25.7 Å². The number of hydrogen-bond acceptors (Lipinski definition) is 4. The summed E-state index contributed by atoms with van der Waals surface area (Å²) in [5.74, 6) is 0.200. The lowest BCUT2D eigenvalue weighted by Crippen LogP contribution is -2.47. The Morgan fingerprint density at radius 1 is 1.19 bits per heavy atom. The first kappa shape index (κ1) is 18.4. The van der Waals surface area contributed by atoms with Crippen molar-refractivity contribution < 1.29 is 14.6 Å². The van der Waals surface area contributed by atoms with Crippen LogP contribution in [-0.2, 0) is 9.53 Å². The Bertz CT molecular complexity index is 336. The highest BCUT2D eigenvalue weighted by atomic mass is 16.6. The van der Waals surface area contributed by atoms with Crippen LogP contribution in [0.5, 0.6) is 0 Å². The Hall–Kier alpha value is -0.610. The lowest BCUT2D eigenvalue weighted by molar-refractivity contribution is -0.161. The number of rotatable bonds is 5. The van der Waals surface area contributed by atoms with Crippen LogP contribution in [0.25, 0.3) is 0 Å². The molecule has 1 aliphatic rings. The molecule has 1 unspecified atom stereocenters. The molecule has 1 atom stereocenters. The molecule has 0 aromatic rings. The molecule has 4 heteroatoms. The van der Waals surface area contributed by atoms with Gasteiger partial charge in [-0.2, -0.15) is 0 Å². The van der Waals surface area contributed by atoms with Crippen LogP contribution in [0.15, 0.2) is 0 Å². The smallest absolute Gasteiger partial charge is 0.309 e. The molecule has 1 rings (SSSR count). The van der Waals surface area contributed by atoms with Crippen molar-refractivity contribution in [3.8, 4) is 0 Å². The summed E-state index contributed by atoms with van der Waals surface area (Å²) in [6.07, 6.45) is 3.68. The topological polar surface area (TPSA) is 58.6 Å². The second kappa shape index (κ2) is 7.10. The molecule has 0 spiro atoms. The zero-order valence-corrected chi connectivity index (χ0v) is 14.5. The van der Waals surface area contributed by atoms with Gasteiger partial charge in [-0.05, 0) is 59.3 Å². The predicted molar refractivity (Wildman–Crippen MR) is 85.1 cm³/mol. The fourth-order valence-electron chi connectivity index (χ4n) is 2.47. The molecule has 1 fully saturated rings. The number of ether oxygens (including phenoxy) is 1. The maximum Gasteiger partial charge on any atom is 0.309 e. The van der Waals surface area contributed by atoms with E-state index in [1.165, 1.54) is 0 Å². The second-order valence-electron chi connectivity index (χ2n) is 7.97. The van der Waals surface area contributed by atoms with Gasteiger partial charge in [-0.3, -0.25) is 4.79 Å². The highest BCUT2D eigenvalue weighted by Crippen LogP contribution is 2.27. The highest BCUT2D eigenvalue weighted by molar-refractivity contribution is 5.73. The van der Waals surface area contributed by atoms with Crippen LogP contribution in [-0.4, -0.2) is 34.9 Å². The maximum atomic E-state index is 12.0. The van der Waals surface area contributed by atoms with Crippen molar-refractivity contribution in [2.45, 2.75) is 84.5 Å². The number of hydrogen-bond donors (Lipinski definition) is 2. The van der Waals surface area contributed by atoms with Gasteiger partial charge in [-0.1, -0.05) is 13.8 Å². The van der Waals surface area contributed by atoms with Gasteiger partial charge in [0.25, 0.3) is 0 Å². The molecule has 0 aliphatic heterocycles. The first-order valence-corrected chi connectivity index (χ1v) is 8.20. The van der Waals surface area contributed by atoms with Crippen molar-refractivity contribution in [3.63, 3.8) is 0 Å². The van der Waals surface area contributed by atoms with E-state index in [2.05, 4.69) is 5.32 Å². The number of aliphatic hydroxyl groups is 1. The Morgan fingerprint density at radius 3 is 2.14 bits per heavy atom. The molecule has 1 aliphatic carbocycles. The van der Waals surface area contributed by atoms with E-state index in [4.69, 9.17) is 4.74 Å². The number of nitrogens with one attached hydrogen (secondary N) is 1. The van der Waals surface area contributed by atoms with Crippen molar-refractivity contribution in [3.05, 3.63) is 0 Å². The van der Waals surface area contributed by atoms with Gasteiger partial charge in [-0.15, -0.1) is 0 Å². The van der Waals surface area contributed by atoms with Crippen LogP contribution in [0.1, 0.15) is 67.2 Å². The summed E-state index contributed by atoms with van der Waals surface area (Å²) >= 11 is 0. The van der Waals surface area contributed by atoms with Crippen molar-refractivity contribution in [2.24, 2.45) is 11.8 Å². The zero-order chi connectivity index (χ0) is 16.3. The summed E-state index contributed by atoms with van der Waals surface area (Å²) in [4.78, 5) is 12.0. The van der Waals surface area contributed by atoms with Gasteiger partial charge in [0.1, 0.15) is 5.60 Å². The van der Waals surface area contributed by atoms with E-state index in [9.17, 15) is 9.90 Å². The summed E-state index contributed by atoms with van der Waals surface area (Å²) in [5.41, 5.74) is -1.08. The largest absolute Gasteiger partial charge is 0.460 e. The first-order chi connectivity index (χ1) is 9.51. The first-order valence-electron chi connectivity index (χ1n) is 8.20. The lowest BCUT2D eigenvalue weighted by atomic mass is 9.85. The van der Waals surface area contributed by atoms with Crippen LogP contribution < -0.4 is 5.32 Å². The standard InChI is InChI=1S/C17H33NO3/c1-12(2)17(6,20)11-18-14-9-7-13(8-10-14)15(19)21-16(3,4)5/h12-14,18,20H,7-11H2,1-6H3. The Kier molecular flexibility index (Phi) is 6.23. The van der Waals surface area contributed by atoms with Crippen molar-refractivity contribution >= 4 is 5.97 Å². The third-order valence-corrected chi connectivity index (χ3v) is 4.46. The summed E-state index contributed by atoms with van der Waals surface area (Å²) in [7, 11) is 0. The Balaban J connectivity index is 2.34. The summed E-state index contributed by atoms with van der Waals surface area (Å²) < 4.78 is 5.46. The summed E-state index contributed by atoms with van der Waals surface area (Å²) in [5, 5.41) is 13.7. The zero-order valence-electron chi connectivity index (χ0n) is 14.5. The molecule has 124 valence electrons. The van der Waals surface area contributed by atoms with Gasteiger partial charge in [0, 0.05) is 12.6 Å². The minimum Gasteiger partial charge on any atom is -0.460 e. The normalized spacial score (nSPS) is 26.5. The van der Waals surface area contributed by atoms with Crippen LogP contribution in [0, 0.1) is 11.8 Å². The second-order valence-corrected chi connectivity index (χ2v) is 7.97. The van der Waals surface area contributed by atoms with Gasteiger partial charge < -0.3 is 15.2 Å². The van der Waals surface area contributed by atoms with Crippen molar-refractivity contribution in [1.29, 1.82) is 0 Å². The van der Waals surface area contributed by atoms with E-state index in [-0.39, 0.29) is 17.8 Å². The maximum absolute atomic E-state index is 12.0. The molecule has 2 N–H and O–H groups in total. The molecule has 0 amide bonds. The number of esters is 1.